The van der Waals surface area contributed by atoms with Crippen molar-refractivity contribution in [3.05, 3.63) is 28.8 Å². The minimum absolute atomic E-state index is 0.153. The first-order valence-corrected chi connectivity index (χ1v) is 4.95. The summed E-state index contributed by atoms with van der Waals surface area (Å²) in [6.07, 6.45) is 3.42. The molecule has 1 aromatic rings. The van der Waals surface area contributed by atoms with Gasteiger partial charge in [-0.15, -0.1) is 5.06 Å². The number of hydrogen-bond acceptors (Lipinski definition) is 4. The summed E-state index contributed by atoms with van der Waals surface area (Å²) in [6, 6.07) is 3.22. The van der Waals surface area contributed by atoms with Gasteiger partial charge in [-0.2, -0.15) is 0 Å². The molecule has 0 unspecified atom stereocenters. The van der Waals surface area contributed by atoms with Crippen LogP contribution in [-0.2, 0) is 6.42 Å². The Hall–Kier alpha value is -2.01. The van der Waals surface area contributed by atoms with Crippen LogP contribution in [0, 0.1) is 0 Å². The number of rotatable bonds is 0. The minimum Gasteiger partial charge on any atom is -0.278 e. The number of fused-ring (bicyclic) bond motifs is 2. The number of aliphatic imine (C=N–C) groups is 1. The van der Waals surface area contributed by atoms with Crippen LogP contribution in [0.25, 0.3) is 0 Å². The minimum atomic E-state index is -0.677. The third-order valence-electron chi connectivity index (χ3n) is 2.84. The molecule has 5 nitrogen and oxygen atoms in total. The van der Waals surface area contributed by atoms with Crippen molar-refractivity contribution in [2.75, 3.05) is 0 Å². The molecule has 2 heterocycles. The van der Waals surface area contributed by atoms with E-state index < -0.39 is 11.8 Å². The van der Waals surface area contributed by atoms with Crippen LogP contribution < -0.4 is 0 Å². The van der Waals surface area contributed by atoms with E-state index >= 15 is 0 Å². The molecule has 5 heteroatoms. The van der Waals surface area contributed by atoms with Gasteiger partial charge in [0.25, 0.3) is 11.8 Å². The van der Waals surface area contributed by atoms with Gasteiger partial charge in [-0.05, 0) is 30.5 Å². The fourth-order valence-electron chi connectivity index (χ4n) is 2.01. The van der Waals surface area contributed by atoms with Gasteiger partial charge in [0.15, 0.2) is 0 Å². The molecule has 3 rings (SSSR count). The van der Waals surface area contributed by atoms with Crippen LogP contribution in [-0.4, -0.2) is 28.3 Å². The van der Waals surface area contributed by atoms with E-state index in [0.717, 1.165) is 18.4 Å². The van der Waals surface area contributed by atoms with Crippen LogP contribution >= 0.6 is 0 Å². The van der Waals surface area contributed by atoms with Crippen LogP contribution in [0.15, 0.2) is 17.1 Å². The molecule has 1 N–H and O–H groups in total. The van der Waals surface area contributed by atoms with E-state index in [1.807, 2.05) is 0 Å². The van der Waals surface area contributed by atoms with E-state index in [9.17, 15) is 14.8 Å². The molecule has 0 aliphatic carbocycles. The lowest BCUT2D eigenvalue weighted by molar-refractivity contribution is -0.0327. The van der Waals surface area contributed by atoms with Gasteiger partial charge in [0.1, 0.15) is 0 Å². The lowest BCUT2D eigenvalue weighted by atomic mass is 9.99. The normalized spacial score (nSPS) is 17.7. The standard InChI is InChI=1S/C11H8N2O3/c14-10-7-4-6-2-1-3-12-9(6)5-8(7)11(15)13(10)16/h3-5,16H,1-2H2. The van der Waals surface area contributed by atoms with E-state index in [4.69, 9.17) is 0 Å². The summed E-state index contributed by atoms with van der Waals surface area (Å²) < 4.78 is 0. The first kappa shape index (κ1) is 9.23. The average molecular weight is 216 g/mol. The summed E-state index contributed by atoms with van der Waals surface area (Å²) in [4.78, 5) is 27.2. The number of imide groups is 1. The highest BCUT2D eigenvalue weighted by Crippen LogP contribution is 2.31. The maximum Gasteiger partial charge on any atom is 0.285 e. The monoisotopic (exact) mass is 216 g/mol. The predicted octanol–water partition coefficient (Wildman–Crippen LogP) is 1.32. The van der Waals surface area contributed by atoms with E-state index in [1.54, 1.807) is 18.3 Å². The molecule has 0 fully saturated rings. The third kappa shape index (κ3) is 1.06. The fourth-order valence-corrected chi connectivity index (χ4v) is 2.01. The van der Waals surface area contributed by atoms with Gasteiger partial charge in [-0.3, -0.25) is 19.8 Å². The Morgan fingerprint density at radius 3 is 2.62 bits per heavy atom. The molecule has 2 amide bonds. The highest BCUT2D eigenvalue weighted by atomic mass is 16.5. The number of carbonyl (C=O) groups is 2. The summed E-state index contributed by atoms with van der Waals surface area (Å²) in [5.74, 6) is -1.33. The van der Waals surface area contributed by atoms with Crippen LogP contribution in [0.2, 0.25) is 0 Å². The van der Waals surface area contributed by atoms with Crippen molar-refractivity contribution in [2.24, 2.45) is 4.99 Å². The van der Waals surface area contributed by atoms with Gasteiger partial charge < -0.3 is 0 Å². The van der Waals surface area contributed by atoms with Crippen molar-refractivity contribution < 1.29 is 14.8 Å². The lowest BCUT2D eigenvalue weighted by Crippen LogP contribution is -2.25. The predicted molar refractivity (Wildman–Crippen MR) is 55.2 cm³/mol. The van der Waals surface area contributed by atoms with Crippen molar-refractivity contribution in [3.8, 4) is 0 Å². The molecule has 0 radical (unpaired) electrons. The van der Waals surface area contributed by atoms with Crippen LogP contribution in [0.3, 0.4) is 0 Å². The molecule has 2 aliphatic heterocycles. The highest BCUT2D eigenvalue weighted by Gasteiger charge is 2.35. The molecular formula is C11H8N2O3. The molecule has 0 aromatic heterocycles. The summed E-state index contributed by atoms with van der Waals surface area (Å²) >= 11 is 0. The summed E-state index contributed by atoms with van der Waals surface area (Å²) in [5.41, 5.74) is 2.15. The molecule has 0 spiro atoms. The molecule has 16 heavy (non-hydrogen) atoms. The highest BCUT2D eigenvalue weighted by molar-refractivity contribution is 6.20. The van der Waals surface area contributed by atoms with Gasteiger partial charge in [0, 0.05) is 6.21 Å². The molecule has 0 bridgehead atoms. The molecule has 2 aliphatic rings. The van der Waals surface area contributed by atoms with Crippen molar-refractivity contribution in [1.82, 2.24) is 5.06 Å². The zero-order valence-corrected chi connectivity index (χ0v) is 8.30. The van der Waals surface area contributed by atoms with Crippen LogP contribution in [0.5, 0.6) is 0 Å². The number of carbonyl (C=O) groups excluding carboxylic acids is 2. The Balaban J connectivity index is 2.25. The Bertz CT molecular complexity index is 548. The van der Waals surface area contributed by atoms with Crippen molar-refractivity contribution in [3.63, 3.8) is 0 Å². The lowest BCUT2D eigenvalue weighted by Gasteiger charge is -2.09. The number of hydroxylamine groups is 2. The summed E-state index contributed by atoms with van der Waals surface area (Å²) in [5, 5.41) is 9.38. The molecule has 0 atom stereocenters. The number of benzene rings is 1. The first-order valence-electron chi connectivity index (χ1n) is 4.95. The van der Waals surface area contributed by atoms with Gasteiger partial charge in [-0.1, -0.05) is 0 Å². The average Bonchev–Trinajstić information content (AvgIpc) is 2.52. The van der Waals surface area contributed by atoms with E-state index in [2.05, 4.69) is 4.99 Å². The topological polar surface area (TPSA) is 70.0 Å². The number of nitrogens with zero attached hydrogens (tertiary/aromatic N) is 2. The second-order valence-electron chi connectivity index (χ2n) is 3.80. The summed E-state index contributed by atoms with van der Waals surface area (Å²) in [6.45, 7) is 0. The molecule has 0 saturated carbocycles. The Labute approximate surface area is 91.0 Å². The number of aryl methyl sites for hydroxylation is 1. The second kappa shape index (κ2) is 2.99. The van der Waals surface area contributed by atoms with Crippen molar-refractivity contribution in [1.29, 1.82) is 0 Å². The van der Waals surface area contributed by atoms with Crippen LogP contribution in [0.1, 0.15) is 32.7 Å². The number of amides is 2. The molecule has 1 aromatic carbocycles. The quantitative estimate of drug-likeness (QED) is 0.525. The van der Waals surface area contributed by atoms with Gasteiger partial charge in [-0.25, -0.2) is 0 Å². The Morgan fingerprint density at radius 1 is 1.19 bits per heavy atom. The first-order chi connectivity index (χ1) is 7.68. The Morgan fingerprint density at radius 2 is 1.88 bits per heavy atom. The number of hydrogen-bond donors (Lipinski definition) is 1. The largest absolute Gasteiger partial charge is 0.285 e. The van der Waals surface area contributed by atoms with Crippen molar-refractivity contribution in [2.45, 2.75) is 12.8 Å². The second-order valence-corrected chi connectivity index (χ2v) is 3.80. The van der Waals surface area contributed by atoms with Crippen molar-refractivity contribution >= 4 is 23.7 Å². The van der Waals surface area contributed by atoms with Gasteiger partial charge in [0.05, 0.1) is 16.8 Å². The SMILES string of the molecule is O=C1c2cc3c(cc2C(=O)N1O)N=CCC3. The molecule has 80 valence electrons. The Kier molecular flexibility index (Phi) is 1.73. The van der Waals surface area contributed by atoms with Crippen LogP contribution in [0.4, 0.5) is 5.69 Å². The molecule has 0 saturated heterocycles. The third-order valence-corrected chi connectivity index (χ3v) is 2.84. The van der Waals surface area contributed by atoms with E-state index in [-0.39, 0.29) is 16.2 Å². The smallest absolute Gasteiger partial charge is 0.278 e. The zero-order valence-electron chi connectivity index (χ0n) is 8.30. The molecular weight excluding hydrogens is 208 g/mol. The fraction of sp³-hybridized carbons (Fsp3) is 0.182. The van der Waals surface area contributed by atoms with E-state index in [1.165, 1.54) is 0 Å². The maximum atomic E-state index is 11.5. The zero-order chi connectivity index (χ0) is 11.3. The summed E-state index contributed by atoms with van der Waals surface area (Å²) in [7, 11) is 0. The van der Waals surface area contributed by atoms with E-state index in [0.29, 0.717) is 5.69 Å². The van der Waals surface area contributed by atoms with Gasteiger partial charge >= 0.3 is 0 Å². The maximum absolute atomic E-state index is 11.5. The van der Waals surface area contributed by atoms with Gasteiger partial charge in [0.2, 0.25) is 0 Å².